The highest BCUT2D eigenvalue weighted by molar-refractivity contribution is 7.23. The minimum atomic E-state index is -2.26. The van der Waals surface area contributed by atoms with Crippen LogP contribution in [0, 0.1) is 45.9 Å². The number of nitrogens with zero attached hydrogens (tertiary/aromatic N) is 11. The third-order valence-electron chi connectivity index (χ3n) is 12.4. The molecule has 0 amide bonds. The van der Waals surface area contributed by atoms with E-state index in [-0.39, 0.29) is 192 Å². The van der Waals surface area contributed by atoms with Crippen molar-refractivity contribution in [1.29, 1.82) is 10.5 Å². The number of nitrogens with one attached hydrogen (secondary N) is 3. The lowest BCUT2D eigenvalue weighted by Crippen LogP contribution is -2.38. The molecule has 0 aliphatic carbocycles. The largest absolute Gasteiger partial charge is 0.367 e. The van der Waals surface area contributed by atoms with Crippen LogP contribution in [0.2, 0.25) is 27.3 Å². The number of rotatable bonds is 12. The van der Waals surface area contributed by atoms with Crippen LogP contribution in [0.25, 0.3) is 30.6 Å². The normalized spacial score (nSPS) is 20.5. The number of piperidine rings is 3. The lowest BCUT2D eigenvalue weighted by atomic mass is 10.0. The highest BCUT2D eigenvalue weighted by atomic mass is 35.5. The van der Waals surface area contributed by atoms with Crippen LogP contribution in [-0.4, -0.2) is 102 Å². The van der Waals surface area contributed by atoms with Crippen molar-refractivity contribution in [2.45, 2.75) is 76.1 Å². The summed E-state index contributed by atoms with van der Waals surface area (Å²) < 4.78 is 199. The number of anilines is 3. The van der Waals surface area contributed by atoms with E-state index in [9.17, 15) is 17.6 Å². The zero-order valence-corrected chi connectivity index (χ0v) is 48.2. The van der Waals surface area contributed by atoms with E-state index in [0.717, 1.165) is 74.2 Å². The van der Waals surface area contributed by atoms with Crippen molar-refractivity contribution in [2.24, 2.45) is 0 Å². The molecule has 6 aromatic heterocycles. The Bertz CT molecular complexity index is 4510. The van der Waals surface area contributed by atoms with E-state index in [1.807, 2.05) is 0 Å². The van der Waals surface area contributed by atoms with Gasteiger partial charge in [0.2, 0.25) is 0 Å². The van der Waals surface area contributed by atoms with Crippen LogP contribution in [0.3, 0.4) is 0 Å². The molecule has 26 heteroatoms. The van der Waals surface area contributed by atoms with Crippen molar-refractivity contribution >= 4 is 140 Å². The van der Waals surface area contributed by atoms with Gasteiger partial charge in [-0.05, 0) is 110 Å². The van der Waals surface area contributed by atoms with Crippen molar-refractivity contribution in [3.8, 4) is 12.1 Å². The second kappa shape index (κ2) is 27.3. The number of fused-ring (bicyclic) bond motifs is 3. The molecule has 3 saturated heterocycles. The first kappa shape index (κ1) is 41.3. The van der Waals surface area contributed by atoms with Gasteiger partial charge in [0.25, 0.3) is 0 Å². The molecular weight excluding hydrogens is 1220 g/mol. The summed E-state index contributed by atoms with van der Waals surface area (Å²) in [4.78, 5) is 29.4. The monoisotopic (exact) mass is 1280 g/mol. The summed E-state index contributed by atoms with van der Waals surface area (Å²) in [7, 11) is 0. The Morgan fingerprint density at radius 1 is 0.537 bits per heavy atom. The second-order valence-corrected chi connectivity index (χ2v) is 23.5. The van der Waals surface area contributed by atoms with Crippen molar-refractivity contribution in [3.05, 3.63) is 154 Å². The molecule has 0 saturated carbocycles. The molecule has 3 fully saturated rings. The van der Waals surface area contributed by atoms with Crippen molar-refractivity contribution in [1.82, 2.24) is 44.6 Å². The van der Waals surface area contributed by atoms with Gasteiger partial charge < -0.3 is 15.9 Å². The SMILES string of the molecule is [2H]c1c(Cl)sc2ncnc(N([2H])C3([2H])CCN(C([2H])([2H])c4ccc(F)c(Cl)c4)CC3)c12.[2H]c1nc(N([2H])C2([2H])CCN(C([2H])([2H])c3cc(Cl)c(F)c(C#N)c3)CC2)c2c([2H])c(Cl)sc2n1.[2H]c1nc(N([2H])C2([2H])CCN(C([2H])([2H])c3cc(F)c(F)c(C#N)c3)CC2)c2c([2H])c(Cl)sc2n1. The van der Waals surface area contributed by atoms with Crippen LogP contribution < -0.4 is 15.9 Å². The molecule has 0 radical (unpaired) electrons. The molecule has 0 spiro atoms. The number of thiophene rings is 3. The molecule has 3 N–H and O–H groups in total. The van der Waals surface area contributed by atoms with Gasteiger partial charge in [-0.1, -0.05) is 64.1 Å². The van der Waals surface area contributed by atoms with Gasteiger partial charge in [0, 0.05) is 85.0 Å². The predicted molar refractivity (Wildman–Crippen MR) is 322 cm³/mol. The molecule has 9 heterocycles. The third kappa shape index (κ3) is 14.9. The molecule has 3 aliphatic heterocycles. The van der Waals surface area contributed by atoms with E-state index >= 15 is 0 Å². The molecule has 0 atom stereocenters. The van der Waals surface area contributed by atoms with Gasteiger partial charge in [-0.15, -0.1) is 34.0 Å². The number of halogens is 9. The first-order valence-electron chi connectivity index (χ1n) is 32.8. The Hall–Kier alpha value is -5.79. The summed E-state index contributed by atoms with van der Waals surface area (Å²) in [5.74, 6) is -4.25. The Kier molecular flexibility index (Phi) is 13.7. The van der Waals surface area contributed by atoms with Gasteiger partial charge in [-0.3, -0.25) is 14.7 Å². The van der Waals surface area contributed by atoms with Gasteiger partial charge in [0.1, 0.15) is 71.6 Å². The van der Waals surface area contributed by atoms with E-state index in [2.05, 4.69) is 29.9 Å². The van der Waals surface area contributed by atoms with E-state index in [0.29, 0.717) is 16.3 Å². The number of hydrogen-bond donors (Lipinski definition) is 3. The fourth-order valence-corrected chi connectivity index (χ4v) is 11.8. The predicted octanol–water partition coefficient (Wildman–Crippen LogP) is 14.9. The van der Waals surface area contributed by atoms with Crippen LogP contribution in [0.15, 0.2) is 79.5 Å². The van der Waals surface area contributed by atoms with E-state index in [1.165, 1.54) is 34.3 Å². The summed E-state index contributed by atoms with van der Waals surface area (Å²) in [5.41, 5.74) is -0.966. The minimum absolute atomic E-state index is 0.0128. The molecule has 14 nitrogen and oxygen atoms in total. The summed E-state index contributed by atoms with van der Waals surface area (Å²) in [5, 5.41) is 20.9. The Morgan fingerprint density at radius 2 is 0.939 bits per heavy atom. The van der Waals surface area contributed by atoms with E-state index < -0.39 is 66.4 Å². The smallest absolute Gasteiger partial charge is 0.176 e. The van der Waals surface area contributed by atoms with Gasteiger partial charge in [0.05, 0.1) is 58.6 Å². The van der Waals surface area contributed by atoms with Crippen LogP contribution in [0.5, 0.6) is 0 Å². The molecular formula is C56H49Cl5F4N14S3. The van der Waals surface area contributed by atoms with E-state index in [4.69, 9.17) is 92.0 Å². The lowest BCUT2D eigenvalue weighted by Gasteiger charge is -2.32. The van der Waals surface area contributed by atoms with Gasteiger partial charge >= 0.3 is 0 Å². The Labute approximate surface area is 530 Å². The summed E-state index contributed by atoms with van der Waals surface area (Å²) in [6, 6.07) is 6.22. The number of aromatic nitrogens is 6. The number of nitriles is 2. The number of likely N-dealkylation sites (tertiary alicyclic amines) is 3. The molecule has 0 bridgehead atoms. The average molecular weight is 1280 g/mol. The van der Waals surface area contributed by atoms with Crippen LogP contribution >= 0.6 is 92.0 Å². The topological polar surface area (TPSA) is 171 Å². The fourth-order valence-electron chi connectivity index (χ4n) is 8.43. The molecule has 3 aromatic carbocycles. The Balaban J connectivity index is 0.000000161. The quantitative estimate of drug-likeness (QED) is 0.0987. The van der Waals surface area contributed by atoms with Gasteiger partial charge in [-0.2, -0.15) is 10.5 Å². The average Bonchev–Trinajstić information content (AvgIpc) is 1.75. The lowest BCUT2D eigenvalue weighted by molar-refractivity contribution is 0.211. The number of benzene rings is 3. The molecule has 0 unspecified atom stereocenters. The third-order valence-corrected chi connectivity index (χ3v) is 16.3. The summed E-state index contributed by atoms with van der Waals surface area (Å²) in [6.07, 6.45) is 0.826. The molecule has 3 aliphatic rings. The first-order chi connectivity index (χ1) is 46.3. The van der Waals surface area contributed by atoms with Crippen molar-refractivity contribution in [2.75, 3.05) is 55.2 Å². The van der Waals surface area contributed by atoms with E-state index in [1.54, 1.807) is 11.0 Å². The molecule has 82 heavy (non-hydrogen) atoms. The summed E-state index contributed by atoms with van der Waals surface area (Å²) >= 11 is 32.9. The zero-order chi connectivity index (χ0) is 72.6. The maximum atomic E-state index is 13.9. The Morgan fingerprint density at radius 3 is 1.39 bits per heavy atom. The van der Waals surface area contributed by atoms with Gasteiger partial charge in [0.15, 0.2) is 21.7 Å². The fraction of sp³-hybridized carbons (Fsp3) is 0.321. The maximum Gasteiger partial charge on any atom is 0.176 e. The van der Waals surface area contributed by atoms with Crippen LogP contribution in [-0.2, 0) is 19.5 Å². The first-order valence-corrected chi connectivity index (χ1v) is 28.8. The van der Waals surface area contributed by atoms with Crippen molar-refractivity contribution in [3.63, 3.8) is 0 Å². The maximum absolute atomic E-state index is 13.9. The van der Waals surface area contributed by atoms with Gasteiger partial charge in [-0.25, -0.2) is 47.5 Å². The zero-order valence-electron chi connectivity index (χ0n) is 59.0. The van der Waals surface area contributed by atoms with Crippen LogP contribution in [0.1, 0.15) is 85.5 Å². The van der Waals surface area contributed by atoms with Crippen LogP contribution in [0.4, 0.5) is 35.0 Å². The minimum Gasteiger partial charge on any atom is -0.367 e. The second-order valence-electron chi connectivity index (χ2n) is 17.9. The number of hydrogen-bond acceptors (Lipinski definition) is 17. The molecule has 424 valence electrons. The highest BCUT2D eigenvalue weighted by Gasteiger charge is 2.25. The molecule has 12 rings (SSSR count). The highest BCUT2D eigenvalue weighted by Crippen LogP contribution is 2.35. The van der Waals surface area contributed by atoms with Crippen molar-refractivity contribution < 1.29 is 41.0 Å². The molecule has 9 aromatic rings. The summed E-state index contributed by atoms with van der Waals surface area (Å²) in [6.45, 7) is -5.84. The standard InChI is InChI=1S/C19H16Cl2FN5S.C19H16ClF2N5S.C18H17Cl2FN4S/c20-15-6-11(5-12(8-23)17(15)22)9-27-3-1-13(2-4-27)26-18-14-7-16(21)28-19(14)25-10-24-18;20-16-7-14-18(24-10-25-19(14)28-16)26-13-1-3-27(4-2-13)9-11-5-12(8-23)17(22)15(21)6-11;19-14-7-11(1-2-15(14)21)9-25-5-3-12(4-6-25)24-17-13-8-16(20)26-18(13)23-10-22-17/h2*5-7,10,13H,1-4,9H2,(H,24,25,26);1-2,7-8,10,12H,3-6,9H2,(H,22,23,24)/i2*7D,9D2,10D,13D;8D,9D2,12D/hD3.